The first-order valence-corrected chi connectivity index (χ1v) is 3.65. The molecular formula is C9H11O2. The molecule has 1 N–H and O–H groups in total. The molecule has 0 bridgehead atoms. The second-order valence-corrected chi connectivity index (χ2v) is 2.32. The minimum atomic E-state index is 0.392. The SMILES string of the molecule is OOCCCc1[c]cccc1. The Morgan fingerprint density at radius 2 is 2.36 bits per heavy atom. The van der Waals surface area contributed by atoms with Crippen LogP contribution in [0.15, 0.2) is 24.3 Å². The number of rotatable bonds is 4. The van der Waals surface area contributed by atoms with E-state index in [1.807, 2.05) is 24.3 Å². The monoisotopic (exact) mass is 151 g/mol. The molecule has 0 saturated carbocycles. The van der Waals surface area contributed by atoms with Gasteiger partial charge in [0.15, 0.2) is 0 Å². The van der Waals surface area contributed by atoms with Crippen molar-refractivity contribution in [3.05, 3.63) is 35.9 Å². The maximum Gasteiger partial charge on any atom is 0.0822 e. The van der Waals surface area contributed by atoms with Crippen LogP contribution in [0.2, 0.25) is 0 Å². The van der Waals surface area contributed by atoms with Gasteiger partial charge in [0.05, 0.1) is 6.61 Å². The van der Waals surface area contributed by atoms with Crippen LogP contribution < -0.4 is 0 Å². The predicted molar refractivity (Wildman–Crippen MR) is 42.2 cm³/mol. The van der Waals surface area contributed by atoms with E-state index < -0.39 is 0 Å². The summed E-state index contributed by atoms with van der Waals surface area (Å²) in [6, 6.07) is 10.9. The molecule has 0 saturated heterocycles. The molecule has 0 spiro atoms. The molecule has 0 atom stereocenters. The largest absolute Gasteiger partial charge is 0.252 e. The van der Waals surface area contributed by atoms with Crippen LogP contribution in [0.3, 0.4) is 0 Å². The van der Waals surface area contributed by atoms with Crippen LogP contribution in [0.1, 0.15) is 12.0 Å². The third-order valence-corrected chi connectivity index (χ3v) is 1.46. The first-order valence-electron chi connectivity index (χ1n) is 3.65. The second kappa shape index (κ2) is 4.88. The highest BCUT2D eigenvalue weighted by atomic mass is 17.1. The number of benzene rings is 1. The van der Waals surface area contributed by atoms with Crippen molar-refractivity contribution in [3.8, 4) is 0 Å². The van der Waals surface area contributed by atoms with E-state index in [-0.39, 0.29) is 0 Å². The Kier molecular flexibility index (Phi) is 3.65. The van der Waals surface area contributed by atoms with Gasteiger partial charge in [-0.25, -0.2) is 4.89 Å². The third kappa shape index (κ3) is 3.16. The Hall–Kier alpha value is -0.860. The molecule has 11 heavy (non-hydrogen) atoms. The minimum absolute atomic E-state index is 0.392. The van der Waals surface area contributed by atoms with E-state index in [0.717, 1.165) is 18.4 Å². The summed E-state index contributed by atoms with van der Waals surface area (Å²) < 4.78 is 0. The minimum Gasteiger partial charge on any atom is -0.252 e. The summed E-state index contributed by atoms with van der Waals surface area (Å²) in [5.41, 5.74) is 1.16. The summed E-state index contributed by atoms with van der Waals surface area (Å²) in [6.07, 6.45) is 1.73. The summed E-state index contributed by atoms with van der Waals surface area (Å²) in [5.74, 6) is 0. The lowest BCUT2D eigenvalue weighted by molar-refractivity contribution is -0.242. The molecule has 0 aromatic heterocycles. The third-order valence-electron chi connectivity index (χ3n) is 1.46. The first kappa shape index (κ1) is 8.24. The van der Waals surface area contributed by atoms with Crippen LogP contribution in [0.25, 0.3) is 0 Å². The van der Waals surface area contributed by atoms with Crippen molar-refractivity contribution >= 4 is 0 Å². The van der Waals surface area contributed by atoms with Gasteiger partial charge in [0.1, 0.15) is 0 Å². The molecule has 2 heteroatoms. The molecular weight excluding hydrogens is 140 g/mol. The number of hydrogen-bond acceptors (Lipinski definition) is 2. The second-order valence-electron chi connectivity index (χ2n) is 2.32. The average Bonchev–Trinajstić information content (AvgIpc) is 2.07. The first-order chi connectivity index (χ1) is 5.43. The molecule has 0 amide bonds. The van der Waals surface area contributed by atoms with Crippen LogP contribution in [0.4, 0.5) is 0 Å². The van der Waals surface area contributed by atoms with Crippen LogP contribution in [-0.2, 0) is 11.3 Å². The average molecular weight is 151 g/mol. The van der Waals surface area contributed by atoms with E-state index in [1.165, 1.54) is 0 Å². The topological polar surface area (TPSA) is 29.5 Å². The van der Waals surface area contributed by atoms with E-state index in [0.29, 0.717) is 6.61 Å². The lowest BCUT2D eigenvalue weighted by Crippen LogP contribution is -1.92. The highest BCUT2D eigenvalue weighted by Gasteiger charge is 1.90. The Morgan fingerprint density at radius 1 is 1.45 bits per heavy atom. The fourth-order valence-electron chi connectivity index (χ4n) is 0.913. The van der Waals surface area contributed by atoms with Crippen molar-refractivity contribution in [2.24, 2.45) is 0 Å². The molecule has 0 aliphatic heterocycles. The van der Waals surface area contributed by atoms with Crippen molar-refractivity contribution in [1.29, 1.82) is 0 Å². The molecule has 0 heterocycles. The van der Waals surface area contributed by atoms with Crippen LogP contribution in [-0.4, -0.2) is 11.9 Å². The van der Waals surface area contributed by atoms with Crippen molar-refractivity contribution in [2.45, 2.75) is 12.8 Å². The molecule has 1 aromatic rings. The van der Waals surface area contributed by atoms with Gasteiger partial charge in [-0.15, -0.1) is 0 Å². The van der Waals surface area contributed by atoms with Gasteiger partial charge in [0.25, 0.3) is 0 Å². The van der Waals surface area contributed by atoms with Gasteiger partial charge in [0, 0.05) is 0 Å². The maximum absolute atomic E-state index is 8.03. The normalized spacial score (nSPS) is 9.91. The van der Waals surface area contributed by atoms with Gasteiger partial charge in [-0.2, -0.15) is 0 Å². The summed E-state index contributed by atoms with van der Waals surface area (Å²) in [5, 5.41) is 8.03. The van der Waals surface area contributed by atoms with Gasteiger partial charge in [-0.1, -0.05) is 24.3 Å². The quantitative estimate of drug-likeness (QED) is 0.404. The fraction of sp³-hybridized carbons (Fsp3) is 0.333. The zero-order chi connectivity index (χ0) is 7.94. The van der Waals surface area contributed by atoms with E-state index in [2.05, 4.69) is 11.0 Å². The lowest BCUT2D eigenvalue weighted by Gasteiger charge is -1.97. The highest BCUT2D eigenvalue weighted by molar-refractivity contribution is 5.12. The van der Waals surface area contributed by atoms with E-state index in [9.17, 15) is 0 Å². The van der Waals surface area contributed by atoms with Gasteiger partial charge in [-0.3, -0.25) is 5.26 Å². The number of hydrogen-bond donors (Lipinski definition) is 1. The Bertz CT molecular complexity index is 184. The Morgan fingerprint density at radius 3 is 3.00 bits per heavy atom. The van der Waals surface area contributed by atoms with E-state index >= 15 is 0 Å². The van der Waals surface area contributed by atoms with Crippen molar-refractivity contribution in [2.75, 3.05) is 6.61 Å². The van der Waals surface area contributed by atoms with Gasteiger partial charge < -0.3 is 0 Å². The van der Waals surface area contributed by atoms with Crippen LogP contribution >= 0.6 is 0 Å². The van der Waals surface area contributed by atoms with Gasteiger partial charge >= 0.3 is 0 Å². The molecule has 1 radical (unpaired) electrons. The summed E-state index contributed by atoms with van der Waals surface area (Å²) >= 11 is 0. The Balaban J connectivity index is 2.28. The predicted octanol–water partition coefficient (Wildman–Crippen LogP) is 1.91. The fourth-order valence-corrected chi connectivity index (χ4v) is 0.913. The standard InChI is InChI=1S/C9H11O2/c10-11-8-4-7-9-5-2-1-3-6-9/h1-3,5,10H,4,7-8H2. The zero-order valence-corrected chi connectivity index (χ0v) is 6.29. The Labute approximate surface area is 66.4 Å². The van der Waals surface area contributed by atoms with Gasteiger partial charge in [0.2, 0.25) is 0 Å². The number of aryl methyl sites for hydroxylation is 1. The van der Waals surface area contributed by atoms with E-state index in [4.69, 9.17) is 5.26 Å². The smallest absolute Gasteiger partial charge is 0.0822 e. The lowest BCUT2D eigenvalue weighted by atomic mass is 10.1. The van der Waals surface area contributed by atoms with E-state index in [1.54, 1.807) is 0 Å². The summed E-state index contributed by atoms with van der Waals surface area (Å²) in [4.78, 5) is 3.95. The molecule has 2 nitrogen and oxygen atoms in total. The summed E-state index contributed by atoms with van der Waals surface area (Å²) in [6.45, 7) is 0.392. The van der Waals surface area contributed by atoms with Gasteiger partial charge in [-0.05, 0) is 24.5 Å². The van der Waals surface area contributed by atoms with Crippen molar-refractivity contribution in [1.82, 2.24) is 0 Å². The van der Waals surface area contributed by atoms with Crippen LogP contribution in [0, 0.1) is 6.07 Å². The van der Waals surface area contributed by atoms with Crippen molar-refractivity contribution in [3.63, 3.8) is 0 Å². The molecule has 1 rings (SSSR count). The molecule has 0 fully saturated rings. The maximum atomic E-state index is 8.03. The highest BCUT2D eigenvalue weighted by Crippen LogP contribution is 2.00. The van der Waals surface area contributed by atoms with Crippen LogP contribution in [0.5, 0.6) is 0 Å². The molecule has 0 unspecified atom stereocenters. The summed E-state index contributed by atoms with van der Waals surface area (Å²) in [7, 11) is 0. The molecule has 59 valence electrons. The molecule has 1 aromatic carbocycles. The zero-order valence-electron chi connectivity index (χ0n) is 6.29. The molecule has 0 aliphatic rings. The van der Waals surface area contributed by atoms with Crippen molar-refractivity contribution < 1.29 is 10.1 Å². The molecule has 0 aliphatic carbocycles.